The van der Waals surface area contributed by atoms with Crippen LogP contribution in [0.25, 0.3) is 0 Å². The summed E-state index contributed by atoms with van der Waals surface area (Å²) in [4.78, 5) is 0. The van der Waals surface area contributed by atoms with Crippen LogP contribution in [0.15, 0.2) is 18.2 Å². The van der Waals surface area contributed by atoms with E-state index < -0.39 is 29.2 Å². The molecule has 1 N–H and O–H groups in total. The first kappa shape index (κ1) is 15.2. The molecule has 0 fully saturated rings. The maximum Gasteiger partial charge on any atom is 1.00 e. The smallest absolute Gasteiger partial charge is 1.00 e. The molecular weight excluding hydrogens is 233 g/mol. The number of aromatic hydroxyl groups is 1. The molecule has 0 aliphatic rings. The van der Waals surface area contributed by atoms with Gasteiger partial charge in [-0.1, -0.05) is 6.07 Å². The SMILES string of the molecule is Oc1cccc(C(F)(F)F)c1C(F)(F)F.[H-].[Li+]. The van der Waals surface area contributed by atoms with Gasteiger partial charge in [0.25, 0.3) is 0 Å². The Morgan fingerprint density at radius 1 is 0.938 bits per heavy atom. The molecule has 0 unspecified atom stereocenters. The first-order valence-corrected chi connectivity index (χ1v) is 3.60. The van der Waals surface area contributed by atoms with Gasteiger partial charge in [0.05, 0.1) is 5.56 Å². The van der Waals surface area contributed by atoms with Crippen LogP contribution in [0.3, 0.4) is 0 Å². The molecule has 0 amide bonds. The van der Waals surface area contributed by atoms with Gasteiger partial charge in [-0.2, -0.15) is 26.3 Å². The molecule has 1 aromatic rings. The number of alkyl halides is 6. The van der Waals surface area contributed by atoms with Crippen molar-refractivity contribution in [3.05, 3.63) is 29.3 Å². The van der Waals surface area contributed by atoms with Crippen LogP contribution in [-0.4, -0.2) is 5.11 Å². The van der Waals surface area contributed by atoms with E-state index >= 15 is 0 Å². The molecule has 1 aromatic carbocycles. The minimum atomic E-state index is -5.24. The molecule has 0 spiro atoms. The molecule has 0 saturated carbocycles. The number of hydrogen-bond acceptors (Lipinski definition) is 1. The molecule has 0 radical (unpaired) electrons. The molecule has 0 heterocycles. The molecule has 8 heteroatoms. The average molecular weight is 238 g/mol. The predicted octanol–water partition coefficient (Wildman–Crippen LogP) is 0.546. The van der Waals surface area contributed by atoms with Crippen LogP contribution in [0.1, 0.15) is 12.6 Å². The van der Waals surface area contributed by atoms with Gasteiger partial charge >= 0.3 is 31.2 Å². The molecule has 1 nitrogen and oxygen atoms in total. The van der Waals surface area contributed by atoms with Crippen molar-refractivity contribution in [3.63, 3.8) is 0 Å². The Kier molecular flexibility index (Phi) is 4.36. The molecular formula is C8H5F6LiO. The van der Waals surface area contributed by atoms with E-state index in [-0.39, 0.29) is 26.4 Å². The third-order valence-electron chi connectivity index (χ3n) is 1.63. The van der Waals surface area contributed by atoms with Crippen LogP contribution in [0.2, 0.25) is 0 Å². The predicted molar refractivity (Wildman–Crippen MR) is 39.2 cm³/mol. The first-order chi connectivity index (χ1) is 6.64. The summed E-state index contributed by atoms with van der Waals surface area (Å²) in [7, 11) is 0. The summed E-state index contributed by atoms with van der Waals surface area (Å²) < 4.78 is 73.0. The summed E-state index contributed by atoms with van der Waals surface area (Å²) in [6, 6.07) is 1.52. The van der Waals surface area contributed by atoms with Crippen molar-refractivity contribution in [2.24, 2.45) is 0 Å². The second-order valence-corrected chi connectivity index (χ2v) is 2.70. The van der Waals surface area contributed by atoms with Crippen LogP contribution in [0, 0.1) is 0 Å². The molecule has 0 aromatic heterocycles. The first-order valence-electron chi connectivity index (χ1n) is 3.60. The number of benzene rings is 1. The van der Waals surface area contributed by atoms with E-state index in [0.717, 1.165) is 0 Å². The van der Waals surface area contributed by atoms with Gasteiger partial charge < -0.3 is 6.53 Å². The van der Waals surface area contributed by atoms with E-state index in [1.807, 2.05) is 0 Å². The quantitative estimate of drug-likeness (QED) is 0.516. The van der Waals surface area contributed by atoms with E-state index in [1.165, 1.54) is 0 Å². The summed E-state index contributed by atoms with van der Waals surface area (Å²) in [5.74, 6) is -1.43. The summed E-state index contributed by atoms with van der Waals surface area (Å²) in [5.41, 5.74) is -3.95. The topological polar surface area (TPSA) is 20.2 Å². The zero-order chi connectivity index (χ0) is 11.9. The van der Waals surface area contributed by atoms with Gasteiger partial charge in [0, 0.05) is 0 Å². The van der Waals surface area contributed by atoms with Crippen LogP contribution >= 0.6 is 0 Å². The average Bonchev–Trinajstić information content (AvgIpc) is 1.99. The van der Waals surface area contributed by atoms with E-state index in [9.17, 15) is 26.3 Å². The van der Waals surface area contributed by atoms with Crippen LogP contribution in [-0.2, 0) is 12.4 Å². The summed E-state index contributed by atoms with van der Waals surface area (Å²) in [6.45, 7) is 0. The minimum absolute atomic E-state index is 0. The Morgan fingerprint density at radius 3 is 1.75 bits per heavy atom. The van der Waals surface area contributed by atoms with E-state index in [2.05, 4.69) is 0 Å². The Balaban J connectivity index is 0. The Bertz CT molecular complexity index is 375. The van der Waals surface area contributed by atoms with Crippen LogP contribution < -0.4 is 18.9 Å². The number of halogens is 6. The monoisotopic (exact) mass is 238 g/mol. The fraction of sp³-hybridized carbons (Fsp3) is 0.250. The molecule has 0 atom stereocenters. The van der Waals surface area contributed by atoms with Gasteiger partial charge in [-0.15, -0.1) is 0 Å². The van der Waals surface area contributed by atoms with Gasteiger partial charge in [0.2, 0.25) is 0 Å². The number of phenolic OH excluding ortho intramolecular Hbond substituents is 1. The summed E-state index contributed by atoms with van der Waals surface area (Å²) in [6.07, 6.45) is -10.4. The van der Waals surface area contributed by atoms with Gasteiger partial charge in [-0.05, 0) is 12.1 Å². The molecule has 86 valence electrons. The Hall–Kier alpha value is -0.803. The fourth-order valence-electron chi connectivity index (χ4n) is 1.07. The number of hydrogen-bond donors (Lipinski definition) is 1. The molecule has 0 saturated heterocycles. The fourth-order valence-corrected chi connectivity index (χ4v) is 1.07. The van der Waals surface area contributed by atoms with Crippen molar-refractivity contribution in [3.8, 4) is 5.75 Å². The largest absolute Gasteiger partial charge is 1.00 e. The van der Waals surface area contributed by atoms with Gasteiger partial charge in [-0.3, -0.25) is 0 Å². The Morgan fingerprint density at radius 2 is 1.44 bits per heavy atom. The van der Waals surface area contributed by atoms with Crippen LogP contribution in [0.4, 0.5) is 26.3 Å². The normalized spacial score (nSPS) is 12.1. The zero-order valence-corrected chi connectivity index (χ0v) is 7.95. The third-order valence-corrected chi connectivity index (χ3v) is 1.63. The van der Waals surface area contributed by atoms with Crippen LogP contribution in [0.5, 0.6) is 5.75 Å². The standard InChI is InChI=1S/C8H4F6O.Li.H/c9-7(10,11)4-2-1-3-5(15)6(4)8(12,13)14;;/h1-3,15H;;/q;+1;-1. The van der Waals surface area contributed by atoms with Gasteiger partial charge in [0.15, 0.2) is 0 Å². The van der Waals surface area contributed by atoms with Crippen molar-refractivity contribution in [2.45, 2.75) is 12.4 Å². The van der Waals surface area contributed by atoms with Gasteiger partial charge in [-0.25, -0.2) is 0 Å². The second-order valence-electron chi connectivity index (χ2n) is 2.70. The Labute approximate surface area is 99.7 Å². The molecule has 1 rings (SSSR count). The third kappa shape index (κ3) is 3.09. The summed E-state index contributed by atoms with van der Waals surface area (Å²) >= 11 is 0. The van der Waals surface area contributed by atoms with E-state index in [4.69, 9.17) is 5.11 Å². The molecule has 0 bridgehead atoms. The number of phenols is 1. The maximum atomic E-state index is 12.2. The minimum Gasteiger partial charge on any atom is -1.00 e. The van der Waals surface area contributed by atoms with Crippen molar-refractivity contribution in [1.82, 2.24) is 0 Å². The molecule has 16 heavy (non-hydrogen) atoms. The second kappa shape index (κ2) is 4.60. The van der Waals surface area contributed by atoms with E-state index in [0.29, 0.717) is 12.1 Å². The summed E-state index contributed by atoms with van der Waals surface area (Å²) in [5, 5.41) is 8.77. The van der Waals surface area contributed by atoms with Crippen molar-refractivity contribution in [2.75, 3.05) is 0 Å². The van der Waals surface area contributed by atoms with Crippen molar-refractivity contribution >= 4 is 0 Å². The van der Waals surface area contributed by atoms with Crippen molar-refractivity contribution in [1.29, 1.82) is 0 Å². The van der Waals surface area contributed by atoms with Crippen molar-refractivity contribution < 1.29 is 51.7 Å². The maximum absolute atomic E-state index is 12.2. The van der Waals surface area contributed by atoms with Gasteiger partial charge in [0.1, 0.15) is 11.3 Å². The molecule has 0 aliphatic carbocycles. The molecule has 0 aliphatic heterocycles. The van der Waals surface area contributed by atoms with E-state index in [1.54, 1.807) is 0 Å². The number of rotatable bonds is 0. The zero-order valence-electron chi connectivity index (χ0n) is 8.95.